The number of anilines is 1. The van der Waals surface area contributed by atoms with Crippen molar-refractivity contribution < 1.29 is 13.9 Å². The van der Waals surface area contributed by atoms with Crippen LogP contribution in [0.25, 0.3) is 5.95 Å². The number of aryl methyl sites for hydroxylation is 1. The first-order valence-electron chi connectivity index (χ1n) is 13.0. The van der Waals surface area contributed by atoms with Crippen LogP contribution in [0, 0.1) is 12.7 Å². The molecule has 0 bridgehead atoms. The second kappa shape index (κ2) is 12.4. The zero-order valence-corrected chi connectivity index (χ0v) is 23.2. The van der Waals surface area contributed by atoms with E-state index in [4.69, 9.17) is 21.3 Å². The highest BCUT2D eigenvalue weighted by Gasteiger charge is 2.30. The molecule has 0 spiro atoms. The van der Waals surface area contributed by atoms with Gasteiger partial charge in [-0.2, -0.15) is 4.98 Å². The molecule has 4 aromatic rings. The van der Waals surface area contributed by atoms with Gasteiger partial charge in [-0.25, -0.2) is 14.4 Å². The molecule has 1 N–H and O–H groups in total. The van der Waals surface area contributed by atoms with Crippen molar-refractivity contribution in [2.45, 2.75) is 32.5 Å². The van der Waals surface area contributed by atoms with Crippen LogP contribution in [-0.2, 0) is 17.9 Å². The highest BCUT2D eigenvalue weighted by atomic mass is 35.5. The van der Waals surface area contributed by atoms with E-state index in [-0.39, 0.29) is 24.1 Å². The molecule has 208 valence electrons. The fourth-order valence-electron chi connectivity index (χ4n) is 4.79. The highest BCUT2D eigenvalue weighted by molar-refractivity contribution is 6.29. The van der Waals surface area contributed by atoms with E-state index in [1.165, 1.54) is 18.7 Å². The number of halogens is 2. The van der Waals surface area contributed by atoms with E-state index in [0.29, 0.717) is 49.6 Å². The van der Waals surface area contributed by atoms with Crippen molar-refractivity contribution in [1.82, 2.24) is 29.7 Å². The first kappa shape index (κ1) is 27.5. The van der Waals surface area contributed by atoms with Crippen molar-refractivity contribution >= 4 is 23.3 Å². The molecule has 0 saturated carbocycles. The minimum absolute atomic E-state index is 0.0573. The van der Waals surface area contributed by atoms with Crippen LogP contribution in [0.4, 0.5) is 10.2 Å². The van der Waals surface area contributed by atoms with Crippen LogP contribution in [0.15, 0.2) is 67.3 Å². The molecule has 1 aliphatic rings. The first-order valence-corrected chi connectivity index (χ1v) is 13.4. The molecule has 3 heterocycles. The fraction of sp³-hybridized carbons (Fsp3) is 0.310. The Labute approximate surface area is 237 Å². The van der Waals surface area contributed by atoms with E-state index < -0.39 is 5.82 Å². The number of nitrogens with zero attached hydrogens (tertiary/aromatic N) is 6. The number of hydrogen-bond acceptors (Lipinski definition) is 7. The summed E-state index contributed by atoms with van der Waals surface area (Å²) in [7, 11) is 1.44. The summed E-state index contributed by atoms with van der Waals surface area (Å²) in [4.78, 5) is 30.5. The lowest BCUT2D eigenvalue weighted by Gasteiger charge is -2.42. The van der Waals surface area contributed by atoms with Gasteiger partial charge in [0.15, 0.2) is 11.6 Å². The van der Waals surface area contributed by atoms with Gasteiger partial charge in [0.2, 0.25) is 11.9 Å². The van der Waals surface area contributed by atoms with Gasteiger partial charge in [-0.05, 0) is 30.2 Å². The predicted octanol–water partition coefficient (Wildman–Crippen LogP) is 4.17. The molecule has 5 rings (SSSR count). The molecule has 2 aromatic heterocycles. The zero-order valence-electron chi connectivity index (χ0n) is 22.4. The number of carbonyl (C=O) groups is 1. The van der Waals surface area contributed by atoms with Crippen LogP contribution in [0.1, 0.15) is 23.1 Å². The van der Waals surface area contributed by atoms with Gasteiger partial charge in [-0.3, -0.25) is 14.3 Å². The van der Waals surface area contributed by atoms with E-state index >= 15 is 0 Å². The number of rotatable bonds is 9. The van der Waals surface area contributed by atoms with E-state index in [1.54, 1.807) is 35.4 Å². The number of methoxy groups -OCH3 is 1. The van der Waals surface area contributed by atoms with Gasteiger partial charge < -0.3 is 15.0 Å². The Morgan fingerprint density at radius 1 is 1.12 bits per heavy atom. The average Bonchev–Trinajstić information content (AvgIpc) is 3.49. The van der Waals surface area contributed by atoms with Crippen LogP contribution in [0.2, 0.25) is 5.15 Å². The second-order valence-electron chi connectivity index (χ2n) is 9.82. The summed E-state index contributed by atoms with van der Waals surface area (Å²) in [6, 6.07) is 14.6. The maximum Gasteiger partial charge on any atom is 0.238 e. The SMILES string of the molecule is COc1ccc(CN2CCN(c3cc(Cl)nc(-n4ccnc4)n3)CC2CC(=O)NCc2ccc(C)cc2)cc1F. The van der Waals surface area contributed by atoms with E-state index in [9.17, 15) is 9.18 Å². The summed E-state index contributed by atoms with van der Waals surface area (Å²) in [5, 5.41) is 3.36. The van der Waals surface area contributed by atoms with Crippen molar-refractivity contribution in [2.24, 2.45) is 0 Å². The van der Waals surface area contributed by atoms with Gasteiger partial charge in [0.1, 0.15) is 17.3 Å². The maximum atomic E-state index is 14.4. The molecule has 11 heteroatoms. The van der Waals surface area contributed by atoms with Gasteiger partial charge in [-0.15, -0.1) is 0 Å². The number of amides is 1. The molecule has 1 aliphatic heterocycles. The molecule has 9 nitrogen and oxygen atoms in total. The Morgan fingerprint density at radius 3 is 2.65 bits per heavy atom. The van der Waals surface area contributed by atoms with Crippen molar-refractivity contribution in [2.75, 3.05) is 31.6 Å². The predicted molar refractivity (Wildman–Crippen MR) is 151 cm³/mol. The zero-order chi connectivity index (χ0) is 28.1. The monoisotopic (exact) mass is 563 g/mol. The third-order valence-electron chi connectivity index (χ3n) is 6.97. The molecule has 0 aliphatic carbocycles. The lowest BCUT2D eigenvalue weighted by molar-refractivity contribution is -0.122. The number of benzene rings is 2. The molecule has 2 aromatic carbocycles. The molecule has 40 heavy (non-hydrogen) atoms. The Bertz CT molecular complexity index is 1450. The van der Waals surface area contributed by atoms with Crippen molar-refractivity contribution in [3.05, 3.63) is 94.9 Å². The molecule has 1 amide bonds. The number of aromatic nitrogens is 4. The fourth-order valence-corrected chi connectivity index (χ4v) is 4.96. The third-order valence-corrected chi connectivity index (χ3v) is 7.16. The highest BCUT2D eigenvalue weighted by Crippen LogP contribution is 2.25. The number of piperazine rings is 1. The minimum atomic E-state index is -0.409. The van der Waals surface area contributed by atoms with Gasteiger partial charge in [-0.1, -0.05) is 47.5 Å². The maximum absolute atomic E-state index is 14.4. The van der Waals surface area contributed by atoms with Crippen LogP contribution in [0.5, 0.6) is 5.75 Å². The molecule has 1 unspecified atom stereocenters. The van der Waals surface area contributed by atoms with Crippen molar-refractivity contribution in [3.8, 4) is 11.7 Å². The summed E-state index contributed by atoms with van der Waals surface area (Å²) < 4.78 is 21.2. The van der Waals surface area contributed by atoms with Gasteiger partial charge in [0, 0.05) is 63.6 Å². The van der Waals surface area contributed by atoms with Crippen molar-refractivity contribution in [3.63, 3.8) is 0 Å². The van der Waals surface area contributed by atoms with Crippen LogP contribution < -0.4 is 15.0 Å². The first-order chi connectivity index (χ1) is 19.4. The number of carbonyl (C=O) groups excluding carboxylic acids is 1. The Balaban J connectivity index is 1.33. The largest absolute Gasteiger partial charge is 0.494 e. The third kappa shape index (κ3) is 6.75. The summed E-state index contributed by atoms with van der Waals surface area (Å²) >= 11 is 6.36. The van der Waals surface area contributed by atoms with Crippen LogP contribution >= 0.6 is 11.6 Å². The minimum Gasteiger partial charge on any atom is -0.494 e. The van der Waals surface area contributed by atoms with Gasteiger partial charge in [0.25, 0.3) is 0 Å². The summed E-state index contributed by atoms with van der Waals surface area (Å²) in [5.41, 5.74) is 3.02. The van der Waals surface area contributed by atoms with E-state index in [1.807, 2.05) is 37.3 Å². The molecule has 1 saturated heterocycles. The van der Waals surface area contributed by atoms with Gasteiger partial charge >= 0.3 is 0 Å². The molecule has 1 fully saturated rings. The second-order valence-corrected chi connectivity index (χ2v) is 10.2. The summed E-state index contributed by atoms with van der Waals surface area (Å²) in [6.45, 7) is 4.81. The normalized spacial score (nSPS) is 15.7. The van der Waals surface area contributed by atoms with Crippen LogP contribution in [0.3, 0.4) is 0 Å². The number of ether oxygens (including phenoxy) is 1. The molecule has 1 atom stereocenters. The summed E-state index contributed by atoms with van der Waals surface area (Å²) in [6.07, 6.45) is 5.29. The Hall–Kier alpha value is -4.02. The molecular weight excluding hydrogens is 533 g/mol. The van der Waals surface area contributed by atoms with E-state index in [2.05, 4.69) is 25.1 Å². The van der Waals surface area contributed by atoms with Crippen LogP contribution in [-0.4, -0.2) is 63.1 Å². The smallest absolute Gasteiger partial charge is 0.238 e. The lowest BCUT2D eigenvalue weighted by Crippen LogP contribution is -2.54. The number of imidazole rings is 1. The summed E-state index contributed by atoms with van der Waals surface area (Å²) in [5.74, 6) is 0.828. The Kier molecular flexibility index (Phi) is 8.57. The number of hydrogen-bond donors (Lipinski definition) is 1. The molecular formula is C29H31ClFN7O2. The van der Waals surface area contributed by atoms with Crippen molar-refractivity contribution in [1.29, 1.82) is 0 Å². The molecule has 0 radical (unpaired) electrons. The Morgan fingerprint density at radius 2 is 1.93 bits per heavy atom. The standard InChI is InChI=1S/C29H31ClFN7O2/c1-20-3-5-21(6-4-20)16-33-28(39)14-23-18-37(27-15-26(30)34-29(35-27)38-10-9-32-19-38)12-11-36(23)17-22-7-8-25(40-2)24(31)13-22/h3-10,13,15,19,23H,11-12,14,16-18H2,1-2H3,(H,33,39). The van der Waals surface area contributed by atoms with E-state index in [0.717, 1.165) is 11.1 Å². The quantitative estimate of drug-likeness (QED) is 0.306. The lowest BCUT2D eigenvalue weighted by atomic mass is 10.1. The number of nitrogens with one attached hydrogen (secondary N) is 1. The van der Waals surface area contributed by atoms with Gasteiger partial charge in [0.05, 0.1) is 7.11 Å². The topological polar surface area (TPSA) is 88.4 Å². The average molecular weight is 564 g/mol.